The van der Waals surface area contributed by atoms with Gasteiger partial charge in [0.1, 0.15) is 16.7 Å². The first kappa shape index (κ1) is 52.2. The normalized spacial score (nSPS) is 18.5. The molecule has 16 nitrogen and oxygen atoms in total. The van der Waals surface area contributed by atoms with Crippen molar-refractivity contribution in [3.63, 3.8) is 0 Å². The summed E-state index contributed by atoms with van der Waals surface area (Å²) in [6, 6.07) is 14.9. The Balaban J connectivity index is 0.00000476. The van der Waals surface area contributed by atoms with Crippen molar-refractivity contribution in [1.82, 2.24) is 0 Å². The maximum atomic E-state index is 12.2. The minimum Gasteiger partial charge on any atom is -1.00 e. The molecule has 0 aromatic heterocycles. The fourth-order valence-electron chi connectivity index (χ4n) is 8.81. The monoisotopic (exact) mass is 982 g/mol. The number of anilines is 1. The molecule has 0 saturated carbocycles. The van der Waals surface area contributed by atoms with Gasteiger partial charge in [0.15, 0.2) is 5.71 Å². The van der Waals surface area contributed by atoms with Crippen LogP contribution in [0.4, 0.5) is 11.4 Å². The first-order valence-electron chi connectivity index (χ1n) is 20.3. The summed E-state index contributed by atoms with van der Waals surface area (Å²) < 4.78 is 137. The van der Waals surface area contributed by atoms with Crippen LogP contribution in [-0.2, 0) is 51.3 Å². The Labute approximate surface area is 403 Å². The van der Waals surface area contributed by atoms with Gasteiger partial charge in [-0.15, -0.1) is 0 Å². The van der Waals surface area contributed by atoms with Crippen LogP contribution < -0.4 is 34.5 Å². The van der Waals surface area contributed by atoms with Crippen LogP contribution in [0.25, 0.3) is 5.57 Å². The number of carboxylic acid groups (broad SMARTS) is 1. The van der Waals surface area contributed by atoms with E-state index in [1.54, 1.807) is 30.3 Å². The minimum absolute atomic E-state index is 0. The number of hydrogen-bond donors (Lipinski definition) is 4. The number of carboxylic acids is 1. The van der Waals surface area contributed by atoms with Crippen molar-refractivity contribution in [3.8, 4) is 0 Å². The molecule has 21 heteroatoms. The fraction of sp³-hybridized carbons (Fsp3) is 0.364. The number of hydrogen-bond acceptors (Lipinski definition) is 11. The SMILES string of the molecule is CC1(C)C(=CC=C2CCC(C=CC3=[N+](CCCCS(=O)(=O)O)c4ccc(S(=O)(=O)[O-])cc4C3(C)C)=C2c2cccc(C(=O)O)c2)N(CCCCS(=O)(=O)O)c2ccc(S(=O)(=O)O)cc21.[H-].[Na+]. The zero-order valence-corrected chi connectivity index (χ0v) is 41.8. The number of fused-ring (bicyclic) bond motifs is 2. The third-order valence-corrected chi connectivity index (χ3v) is 15.3. The van der Waals surface area contributed by atoms with Gasteiger partial charge < -0.3 is 16.0 Å². The van der Waals surface area contributed by atoms with Crippen molar-refractivity contribution in [1.29, 1.82) is 0 Å². The molecule has 0 atom stereocenters. The van der Waals surface area contributed by atoms with Crippen LogP contribution in [0.3, 0.4) is 0 Å². The van der Waals surface area contributed by atoms with Crippen molar-refractivity contribution in [2.45, 2.75) is 86.8 Å². The summed E-state index contributed by atoms with van der Waals surface area (Å²) in [5.41, 5.74) is 5.24. The van der Waals surface area contributed by atoms with Gasteiger partial charge in [-0.05, 0) is 122 Å². The molecule has 4 N–H and O–H groups in total. The first-order valence-corrected chi connectivity index (χ1v) is 26.4. The van der Waals surface area contributed by atoms with Gasteiger partial charge in [-0.2, -0.15) is 29.8 Å². The molecule has 3 aliphatic rings. The standard InChI is InChI=1S/C44H50N2O14S4.Na.H/c1-43(2)35-27-33(63(55,56)57)16-18-37(35)45(22-5-7-24-61(49,50)51)39(43)20-14-29-12-13-30(41(29)31-10-9-11-32(26-31)42(47)48)15-21-40-44(3,4)36-28-34(64(58,59)60)17-19-38(36)46(40)23-6-8-25-62(52,53)54;;/h9-11,14-21,26-28H,5-8,12-13,22-25H2,1-4H3,(H4-,47,48,49,50,51,52,53,54,55,56,57,58,59,60);;/q;+1;-1. The summed E-state index contributed by atoms with van der Waals surface area (Å²) in [5.74, 6) is -2.03. The van der Waals surface area contributed by atoms with E-state index in [2.05, 4.69) is 0 Å². The molecule has 3 aromatic rings. The maximum absolute atomic E-state index is 12.2. The minimum atomic E-state index is -4.80. The average Bonchev–Trinajstić information content (AvgIpc) is 3.76. The van der Waals surface area contributed by atoms with Crippen LogP contribution in [0.5, 0.6) is 0 Å². The van der Waals surface area contributed by atoms with Gasteiger partial charge in [-0.3, -0.25) is 13.7 Å². The summed E-state index contributed by atoms with van der Waals surface area (Å²) in [4.78, 5) is 13.4. The van der Waals surface area contributed by atoms with E-state index in [0.29, 0.717) is 66.0 Å². The predicted octanol–water partition coefficient (Wildman–Crippen LogP) is 3.78. The number of allylic oxidation sites excluding steroid dienone is 8. The Hall–Kier alpha value is -3.80. The maximum Gasteiger partial charge on any atom is 1.00 e. The third-order valence-electron chi connectivity index (χ3n) is 12.0. The van der Waals surface area contributed by atoms with Crippen LogP contribution in [0.1, 0.15) is 94.7 Å². The van der Waals surface area contributed by atoms with E-state index in [4.69, 9.17) is 0 Å². The molecule has 0 radical (unpaired) electrons. The summed E-state index contributed by atoms with van der Waals surface area (Å²) in [6.07, 6.45) is 9.56. The van der Waals surface area contributed by atoms with Crippen molar-refractivity contribution >= 4 is 69.1 Å². The number of benzene rings is 3. The fourth-order valence-corrected chi connectivity index (χ4v) is 11.0. The quantitative estimate of drug-likeness (QED) is 0.0649. The molecule has 0 saturated heterocycles. The van der Waals surface area contributed by atoms with Crippen molar-refractivity contribution in [2.24, 2.45) is 0 Å². The number of carbonyl (C=O) groups is 1. The molecule has 2 aliphatic heterocycles. The van der Waals surface area contributed by atoms with Gasteiger partial charge in [0, 0.05) is 47.5 Å². The van der Waals surface area contributed by atoms with Gasteiger partial charge in [0.05, 0.1) is 32.3 Å². The third kappa shape index (κ3) is 11.8. The molecule has 6 rings (SSSR count). The molecule has 1 aliphatic carbocycles. The molecule has 0 fully saturated rings. The molecule has 346 valence electrons. The number of rotatable bonds is 17. The number of unbranched alkanes of at least 4 members (excludes halogenated alkanes) is 2. The van der Waals surface area contributed by atoms with Crippen LogP contribution in [-0.4, -0.2) is 97.8 Å². The van der Waals surface area contributed by atoms with E-state index < -0.39 is 73.7 Å². The molecule has 0 spiro atoms. The van der Waals surface area contributed by atoms with E-state index in [9.17, 15) is 61.8 Å². The summed E-state index contributed by atoms with van der Waals surface area (Å²) >= 11 is 0. The van der Waals surface area contributed by atoms with Crippen molar-refractivity contribution < 1.29 is 97.3 Å². The average molecular weight is 983 g/mol. The van der Waals surface area contributed by atoms with E-state index in [1.165, 1.54) is 30.3 Å². The van der Waals surface area contributed by atoms with E-state index in [-0.39, 0.29) is 60.8 Å². The van der Waals surface area contributed by atoms with Crippen molar-refractivity contribution in [3.05, 3.63) is 124 Å². The van der Waals surface area contributed by atoms with Crippen LogP contribution in [0.2, 0.25) is 0 Å². The molecule has 65 heavy (non-hydrogen) atoms. The van der Waals surface area contributed by atoms with E-state index in [1.807, 2.05) is 61.5 Å². The molecular weight excluding hydrogens is 932 g/mol. The second kappa shape index (κ2) is 19.4. The molecular formula is C44H51N2NaO14S4. The van der Waals surface area contributed by atoms with E-state index in [0.717, 1.165) is 22.4 Å². The second-order valence-corrected chi connectivity index (χ2v) is 23.0. The molecule has 0 unspecified atom stereocenters. The van der Waals surface area contributed by atoms with Crippen molar-refractivity contribution in [2.75, 3.05) is 29.5 Å². The molecule has 3 aromatic carbocycles. The predicted molar refractivity (Wildman–Crippen MR) is 241 cm³/mol. The Bertz CT molecular complexity index is 3050. The number of nitrogens with zero attached hydrogens (tertiary/aromatic N) is 2. The summed E-state index contributed by atoms with van der Waals surface area (Å²) in [7, 11) is -17.8. The molecule has 0 bridgehead atoms. The van der Waals surface area contributed by atoms with Gasteiger partial charge in [-0.25, -0.2) is 13.2 Å². The van der Waals surface area contributed by atoms with Gasteiger partial charge >= 0.3 is 35.5 Å². The van der Waals surface area contributed by atoms with E-state index >= 15 is 0 Å². The molecule has 0 amide bonds. The van der Waals surface area contributed by atoms with Gasteiger partial charge in [0.25, 0.3) is 30.4 Å². The zero-order valence-electron chi connectivity index (χ0n) is 37.6. The summed E-state index contributed by atoms with van der Waals surface area (Å²) in [6.45, 7) is 8.11. The molecule has 2 heterocycles. The Morgan fingerprint density at radius 3 is 2.02 bits per heavy atom. The Morgan fingerprint density at radius 2 is 1.40 bits per heavy atom. The smallest absolute Gasteiger partial charge is 1.00 e. The van der Waals surface area contributed by atoms with Crippen LogP contribution >= 0.6 is 0 Å². The Morgan fingerprint density at radius 1 is 0.769 bits per heavy atom. The summed E-state index contributed by atoms with van der Waals surface area (Å²) in [5, 5.41) is 9.96. The number of aromatic carboxylic acids is 1. The second-order valence-electron chi connectivity index (χ2n) is 17.1. The van der Waals surface area contributed by atoms with Gasteiger partial charge in [-0.1, -0.05) is 38.1 Å². The zero-order chi connectivity index (χ0) is 47.2. The topological polar surface area (TPSA) is 264 Å². The Kier molecular flexibility index (Phi) is 15.6. The van der Waals surface area contributed by atoms with Crippen LogP contribution in [0.15, 0.2) is 112 Å². The van der Waals surface area contributed by atoms with Crippen LogP contribution in [0, 0.1) is 0 Å². The van der Waals surface area contributed by atoms with Gasteiger partial charge in [0.2, 0.25) is 5.69 Å². The first-order chi connectivity index (χ1) is 29.6. The largest absolute Gasteiger partial charge is 1.00 e.